The first-order chi connectivity index (χ1) is 14.2. The van der Waals surface area contributed by atoms with E-state index in [4.69, 9.17) is 4.74 Å². The Bertz CT molecular complexity index is 800. The molecule has 0 radical (unpaired) electrons. The molecule has 14 unspecified atom stereocenters. The van der Waals surface area contributed by atoms with Crippen LogP contribution in [0, 0.1) is 76.9 Å². The van der Waals surface area contributed by atoms with Gasteiger partial charge in [-0.25, -0.2) is 0 Å². The molecule has 8 rings (SSSR count). The summed E-state index contributed by atoms with van der Waals surface area (Å²) in [4.78, 5) is 13.6. The van der Waals surface area contributed by atoms with Gasteiger partial charge in [0.05, 0.1) is 5.92 Å². The van der Waals surface area contributed by atoms with Crippen molar-refractivity contribution in [1.82, 2.24) is 0 Å². The lowest BCUT2D eigenvalue weighted by Crippen LogP contribution is -2.49. The van der Waals surface area contributed by atoms with E-state index in [1.165, 1.54) is 44.9 Å². The molecule has 0 heterocycles. The molecular formula is C27H36O2. The first-order valence-electron chi connectivity index (χ1n) is 13.1. The largest absolute Gasteiger partial charge is 0.459 e. The van der Waals surface area contributed by atoms with E-state index in [9.17, 15) is 4.79 Å². The molecule has 0 aromatic rings. The second-order valence-electron chi connectivity index (χ2n) is 12.7. The van der Waals surface area contributed by atoms with Crippen LogP contribution in [0.1, 0.15) is 64.7 Å². The second-order valence-corrected chi connectivity index (χ2v) is 12.7. The van der Waals surface area contributed by atoms with Gasteiger partial charge < -0.3 is 4.74 Å². The first-order valence-corrected chi connectivity index (χ1v) is 13.1. The summed E-state index contributed by atoms with van der Waals surface area (Å²) in [7, 11) is 0. The highest BCUT2D eigenvalue weighted by Gasteiger charge is 2.69. The molecule has 0 N–H and O–H groups in total. The Morgan fingerprint density at radius 3 is 2.48 bits per heavy atom. The normalized spacial score (nSPS) is 64.2. The molecule has 156 valence electrons. The predicted molar refractivity (Wildman–Crippen MR) is 111 cm³/mol. The standard InChI is InChI=1S/C27H36O2/c1-2-27(12-18-11-21(27)25-16-6-4-14(8-16)23(18)25)29-26(28)20-10-17-9-19(20)24-15-5-3-13(7-15)22(17)24/h3,5,13-25H,2,4,6-12H2,1H3. The van der Waals surface area contributed by atoms with E-state index >= 15 is 0 Å². The Morgan fingerprint density at radius 1 is 0.862 bits per heavy atom. The average molecular weight is 393 g/mol. The Morgan fingerprint density at radius 2 is 1.66 bits per heavy atom. The van der Waals surface area contributed by atoms with Gasteiger partial charge in [-0.2, -0.15) is 0 Å². The predicted octanol–water partition coefficient (Wildman–Crippen LogP) is 5.47. The third kappa shape index (κ3) is 1.87. The van der Waals surface area contributed by atoms with E-state index in [1.807, 2.05) is 0 Å². The summed E-state index contributed by atoms with van der Waals surface area (Å²) in [6.07, 6.45) is 17.0. The fourth-order valence-electron chi connectivity index (χ4n) is 11.9. The fraction of sp³-hybridized carbons (Fsp3) is 0.889. The lowest BCUT2D eigenvalue weighted by molar-refractivity contribution is -0.180. The van der Waals surface area contributed by atoms with Gasteiger partial charge in [-0.1, -0.05) is 19.1 Å². The van der Waals surface area contributed by atoms with Crippen LogP contribution in [-0.4, -0.2) is 11.6 Å². The maximum absolute atomic E-state index is 13.6. The van der Waals surface area contributed by atoms with E-state index in [0.29, 0.717) is 11.8 Å². The summed E-state index contributed by atoms with van der Waals surface area (Å²) < 4.78 is 6.71. The van der Waals surface area contributed by atoms with Crippen molar-refractivity contribution in [3.8, 4) is 0 Å². The van der Waals surface area contributed by atoms with Gasteiger partial charge in [-0.05, 0) is 123 Å². The van der Waals surface area contributed by atoms with Crippen LogP contribution in [-0.2, 0) is 9.53 Å². The minimum atomic E-state index is -0.0940. The van der Waals surface area contributed by atoms with Crippen molar-refractivity contribution in [2.45, 2.75) is 70.3 Å². The molecule has 2 heteroatoms. The molecule has 8 aliphatic rings. The topological polar surface area (TPSA) is 26.3 Å². The van der Waals surface area contributed by atoms with E-state index in [0.717, 1.165) is 72.0 Å². The van der Waals surface area contributed by atoms with Gasteiger partial charge in [0.2, 0.25) is 0 Å². The Labute approximate surface area is 175 Å². The van der Waals surface area contributed by atoms with Crippen molar-refractivity contribution >= 4 is 5.97 Å². The van der Waals surface area contributed by atoms with Crippen LogP contribution in [0.4, 0.5) is 0 Å². The van der Waals surface area contributed by atoms with Gasteiger partial charge in [0.15, 0.2) is 0 Å². The van der Waals surface area contributed by atoms with Crippen LogP contribution in [0.3, 0.4) is 0 Å². The Hall–Kier alpha value is -0.790. The van der Waals surface area contributed by atoms with Gasteiger partial charge in [-0.3, -0.25) is 4.79 Å². The summed E-state index contributed by atoms with van der Waals surface area (Å²) in [6.45, 7) is 2.31. The summed E-state index contributed by atoms with van der Waals surface area (Å²) >= 11 is 0. The number of rotatable bonds is 3. The Balaban J connectivity index is 1.05. The van der Waals surface area contributed by atoms with Gasteiger partial charge in [-0.15, -0.1) is 0 Å². The number of carbonyl (C=O) groups excluding carboxylic acids is 1. The van der Waals surface area contributed by atoms with Gasteiger partial charge in [0.25, 0.3) is 0 Å². The van der Waals surface area contributed by atoms with E-state index in [1.54, 1.807) is 0 Å². The molecule has 8 aliphatic carbocycles. The number of ether oxygens (including phenoxy) is 1. The van der Waals surface area contributed by atoms with Crippen LogP contribution in [0.25, 0.3) is 0 Å². The van der Waals surface area contributed by atoms with Crippen molar-refractivity contribution in [1.29, 1.82) is 0 Å². The molecule has 0 spiro atoms. The third-order valence-electron chi connectivity index (χ3n) is 12.4. The highest BCUT2D eigenvalue weighted by atomic mass is 16.6. The van der Waals surface area contributed by atoms with Gasteiger partial charge in [0, 0.05) is 5.92 Å². The number of hydrogen-bond donors (Lipinski definition) is 0. The molecule has 2 nitrogen and oxygen atoms in total. The first kappa shape index (κ1) is 16.8. The molecule has 7 fully saturated rings. The van der Waals surface area contributed by atoms with Crippen molar-refractivity contribution < 1.29 is 9.53 Å². The van der Waals surface area contributed by atoms with Crippen LogP contribution >= 0.6 is 0 Å². The molecule has 0 aliphatic heterocycles. The maximum atomic E-state index is 13.6. The number of allylic oxidation sites excluding steroid dienone is 2. The van der Waals surface area contributed by atoms with Crippen LogP contribution in [0.2, 0.25) is 0 Å². The van der Waals surface area contributed by atoms with Crippen molar-refractivity contribution in [3.63, 3.8) is 0 Å². The summed E-state index contributed by atoms with van der Waals surface area (Å²) in [5.41, 5.74) is -0.0940. The summed E-state index contributed by atoms with van der Waals surface area (Å²) in [5, 5.41) is 0. The molecule has 0 aromatic heterocycles. The fourth-order valence-corrected chi connectivity index (χ4v) is 11.9. The molecule has 7 saturated carbocycles. The minimum Gasteiger partial charge on any atom is -0.459 e. The van der Waals surface area contributed by atoms with E-state index in [2.05, 4.69) is 19.1 Å². The van der Waals surface area contributed by atoms with Crippen LogP contribution in [0.15, 0.2) is 12.2 Å². The summed E-state index contributed by atoms with van der Waals surface area (Å²) in [5.74, 6) is 10.7. The van der Waals surface area contributed by atoms with Crippen molar-refractivity contribution in [2.75, 3.05) is 0 Å². The quantitative estimate of drug-likeness (QED) is 0.361. The maximum Gasteiger partial charge on any atom is 0.309 e. The van der Waals surface area contributed by atoms with Gasteiger partial charge >= 0.3 is 5.97 Å². The molecular weight excluding hydrogens is 356 g/mol. The van der Waals surface area contributed by atoms with Crippen molar-refractivity contribution in [2.24, 2.45) is 76.9 Å². The molecule has 14 atom stereocenters. The zero-order valence-electron chi connectivity index (χ0n) is 17.8. The highest BCUT2D eigenvalue weighted by Crippen LogP contribution is 2.71. The lowest BCUT2D eigenvalue weighted by Gasteiger charge is -2.46. The smallest absolute Gasteiger partial charge is 0.309 e. The van der Waals surface area contributed by atoms with Crippen molar-refractivity contribution in [3.05, 3.63) is 12.2 Å². The van der Waals surface area contributed by atoms with Crippen LogP contribution < -0.4 is 0 Å². The van der Waals surface area contributed by atoms with E-state index in [-0.39, 0.29) is 17.5 Å². The molecule has 0 amide bonds. The monoisotopic (exact) mass is 392 g/mol. The molecule has 8 bridgehead atoms. The van der Waals surface area contributed by atoms with Crippen LogP contribution in [0.5, 0.6) is 0 Å². The molecule has 29 heavy (non-hydrogen) atoms. The number of carbonyl (C=O) groups is 1. The zero-order valence-corrected chi connectivity index (χ0v) is 17.8. The second kappa shape index (κ2) is 5.33. The number of fused-ring (bicyclic) bond motifs is 18. The number of hydrogen-bond acceptors (Lipinski definition) is 2. The van der Waals surface area contributed by atoms with E-state index < -0.39 is 0 Å². The zero-order chi connectivity index (χ0) is 19.1. The third-order valence-corrected chi connectivity index (χ3v) is 12.4. The highest BCUT2D eigenvalue weighted by molar-refractivity contribution is 5.74. The number of esters is 1. The molecule has 0 aromatic carbocycles. The summed E-state index contributed by atoms with van der Waals surface area (Å²) in [6, 6.07) is 0. The lowest BCUT2D eigenvalue weighted by atomic mass is 9.65. The average Bonchev–Trinajstić information content (AvgIpc) is 3.56. The van der Waals surface area contributed by atoms with Gasteiger partial charge in [0.1, 0.15) is 5.60 Å². The Kier molecular flexibility index (Phi) is 3.10. The SMILES string of the molecule is CCC1(OC(=O)C2CC3CC2C2C4C=CC(C4)C32)CC2CC1C1C3CCC(C3)C21. The minimum absolute atomic E-state index is 0.0940. The molecule has 0 saturated heterocycles.